The van der Waals surface area contributed by atoms with Gasteiger partial charge in [-0.2, -0.15) is 4.98 Å². The fraction of sp³-hybridized carbons (Fsp3) is 0.214. The van der Waals surface area contributed by atoms with Crippen molar-refractivity contribution in [2.45, 2.75) is 13.3 Å². The first-order valence-electron chi connectivity index (χ1n) is 6.36. The van der Waals surface area contributed by atoms with E-state index in [9.17, 15) is 9.18 Å². The Morgan fingerprint density at radius 2 is 2.24 bits per heavy atom. The first-order valence-corrected chi connectivity index (χ1v) is 6.36. The summed E-state index contributed by atoms with van der Waals surface area (Å²) in [5, 5.41) is 11.5. The second kappa shape index (κ2) is 6.65. The second-order valence-corrected chi connectivity index (χ2v) is 4.19. The molecule has 110 valence electrons. The highest BCUT2D eigenvalue weighted by molar-refractivity contribution is 5.88. The molecular weight excluding hydrogens is 277 g/mol. The Kier molecular flexibility index (Phi) is 4.65. The van der Waals surface area contributed by atoms with Gasteiger partial charge >= 0.3 is 5.97 Å². The lowest BCUT2D eigenvalue weighted by atomic mass is 10.2. The van der Waals surface area contributed by atoms with Crippen molar-refractivity contribution >= 4 is 17.6 Å². The van der Waals surface area contributed by atoms with Crippen molar-refractivity contribution in [2.24, 2.45) is 0 Å². The Hall–Kier alpha value is -2.70. The lowest BCUT2D eigenvalue weighted by Gasteiger charge is -2.08. The molecular formula is C14H14FN3O3. The summed E-state index contributed by atoms with van der Waals surface area (Å²) in [5.74, 6) is -1.33. The van der Waals surface area contributed by atoms with E-state index in [1.807, 2.05) is 6.92 Å². The van der Waals surface area contributed by atoms with E-state index in [0.717, 1.165) is 12.5 Å². The molecule has 1 aromatic heterocycles. The molecule has 7 heteroatoms. The van der Waals surface area contributed by atoms with E-state index in [4.69, 9.17) is 9.84 Å². The lowest BCUT2D eigenvalue weighted by molar-refractivity contribution is 0.0696. The molecule has 0 radical (unpaired) electrons. The number of carboxylic acid groups (broad SMARTS) is 1. The number of benzene rings is 1. The van der Waals surface area contributed by atoms with Crippen LogP contribution < -0.4 is 10.1 Å². The standard InChI is InChI=1S/C14H14FN3O3/c1-2-7-21-12-5-6-16-14(18-12)17-11-4-3-9(13(19)20)8-10(11)15/h3-6,8H,2,7H2,1H3,(H,19,20)(H,16,17,18). The molecule has 0 amide bonds. The predicted octanol–water partition coefficient (Wildman–Crippen LogP) is 2.85. The van der Waals surface area contributed by atoms with E-state index in [1.165, 1.54) is 18.3 Å². The van der Waals surface area contributed by atoms with Crippen molar-refractivity contribution in [1.82, 2.24) is 9.97 Å². The summed E-state index contributed by atoms with van der Waals surface area (Å²) in [6, 6.07) is 5.15. The van der Waals surface area contributed by atoms with Crippen LogP contribution >= 0.6 is 0 Å². The number of rotatable bonds is 6. The van der Waals surface area contributed by atoms with E-state index < -0.39 is 11.8 Å². The maximum Gasteiger partial charge on any atom is 0.335 e. The first-order chi connectivity index (χ1) is 10.1. The van der Waals surface area contributed by atoms with Gasteiger partial charge in [0, 0.05) is 12.3 Å². The lowest BCUT2D eigenvalue weighted by Crippen LogP contribution is -2.03. The third-order valence-electron chi connectivity index (χ3n) is 2.55. The Balaban J connectivity index is 2.16. The molecule has 0 atom stereocenters. The molecule has 2 rings (SSSR count). The number of aromatic nitrogens is 2. The van der Waals surface area contributed by atoms with E-state index in [-0.39, 0.29) is 17.2 Å². The van der Waals surface area contributed by atoms with Crippen LogP contribution in [0, 0.1) is 5.82 Å². The highest BCUT2D eigenvalue weighted by atomic mass is 19.1. The van der Waals surface area contributed by atoms with Gasteiger partial charge in [-0.25, -0.2) is 14.2 Å². The summed E-state index contributed by atoms with van der Waals surface area (Å²) in [5.41, 5.74) is -0.0355. The monoisotopic (exact) mass is 291 g/mol. The van der Waals surface area contributed by atoms with E-state index in [0.29, 0.717) is 12.5 Å². The fourth-order valence-electron chi connectivity index (χ4n) is 1.56. The number of carbonyl (C=O) groups is 1. The van der Waals surface area contributed by atoms with Crippen molar-refractivity contribution in [3.63, 3.8) is 0 Å². The molecule has 0 aliphatic rings. The van der Waals surface area contributed by atoms with Gasteiger partial charge in [0.25, 0.3) is 0 Å². The zero-order valence-corrected chi connectivity index (χ0v) is 11.3. The van der Waals surface area contributed by atoms with Crippen molar-refractivity contribution in [1.29, 1.82) is 0 Å². The molecule has 0 fully saturated rings. The Morgan fingerprint density at radius 3 is 2.90 bits per heavy atom. The van der Waals surface area contributed by atoms with E-state index in [1.54, 1.807) is 6.07 Å². The maximum atomic E-state index is 13.8. The summed E-state index contributed by atoms with van der Waals surface area (Å²) in [7, 11) is 0. The Labute approximate surface area is 120 Å². The first kappa shape index (κ1) is 14.7. The van der Waals surface area contributed by atoms with Crippen molar-refractivity contribution in [3.05, 3.63) is 41.8 Å². The number of nitrogens with zero attached hydrogens (tertiary/aromatic N) is 2. The molecule has 0 saturated heterocycles. The van der Waals surface area contributed by atoms with Gasteiger partial charge in [-0.15, -0.1) is 0 Å². The van der Waals surface area contributed by atoms with Crippen molar-refractivity contribution < 1.29 is 19.0 Å². The minimum absolute atomic E-state index is 0.0904. The average molecular weight is 291 g/mol. The van der Waals surface area contributed by atoms with Gasteiger partial charge in [0.15, 0.2) is 0 Å². The summed E-state index contributed by atoms with van der Waals surface area (Å²) in [4.78, 5) is 18.8. The molecule has 0 aliphatic carbocycles. The van der Waals surface area contributed by atoms with Crippen LogP contribution in [-0.2, 0) is 0 Å². The van der Waals surface area contributed by atoms with Gasteiger partial charge in [-0.05, 0) is 24.6 Å². The third kappa shape index (κ3) is 3.88. The topological polar surface area (TPSA) is 84.3 Å². The molecule has 21 heavy (non-hydrogen) atoms. The van der Waals surface area contributed by atoms with Crippen LogP contribution in [0.2, 0.25) is 0 Å². The van der Waals surface area contributed by atoms with Gasteiger partial charge in [0.1, 0.15) is 5.82 Å². The molecule has 6 nitrogen and oxygen atoms in total. The predicted molar refractivity (Wildman–Crippen MR) is 74.5 cm³/mol. The number of nitrogens with one attached hydrogen (secondary N) is 1. The van der Waals surface area contributed by atoms with Crippen LogP contribution in [0.25, 0.3) is 0 Å². The Morgan fingerprint density at radius 1 is 1.43 bits per heavy atom. The number of ether oxygens (including phenoxy) is 1. The van der Waals surface area contributed by atoms with Crippen molar-refractivity contribution in [3.8, 4) is 5.88 Å². The molecule has 0 spiro atoms. The Bertz CT molecular complexity index is 649. The SMILES string of the molecule is CCCOc1ccnc(Nc2ccc(C(=O)O)cc2F)n1. The summed E-state index contributed by atoms with van der Waals surface area (Å²) < 4.78 is 19.1. The summed E-state index contributed by atoms with van der Waals surface area (Å²) >= 11 is 0. The van der Waals surface area contributed by atoms with E-state index >= 15 is 0 Å². The van der Waals surface area contributed by atoms with Crippen molar-refractivity contribution in [2.75, 3.05) is 11.9 Å². The summed E-state index contributed by atoms with van der Waals surface area (Å²) in [6.07, 6.45) is 2.34. The smallest absolute Gasteiger partial charge is 0.335 e. The number of hydrogen-bond acceptors (Lipinski definition) is 5. The zero-order chi connectivity index (χ0) is 15.2. The second-order valence-electron chi connectivity index (χ2n) is 4.19. The van der Waals surface area contributed by atoms with Crippen LogP contribution in [-0.4, -0.2) is 27.7 Å². The average Bonchev–Trinajstić information content (AvgIpc) is 2.47. The van der Waals surface area contributed by atoms with Crippen LogP contribution in [0.15, 0.2) is 30.5 Å². The summed E-state index contributed by atoms with van der Waals surface area (Å²) in [6.45, 7) is 2.50. The fourth-order valence-corrected chi connectivity index (χ4v) is 1.56. The van der Waals surface area contributed by atoms with Gasteiger partial charge in [-0.1, -0.05) is 6.92 Å². The number of aromatic carboxylic acids is 1. The van der Waals surface area contributed by atoms with Crippen LogP contribution in [0.4, 0.5) is 16.0 Å². The minimum atomic E-state index is -1.19. The zero-order valence-electron chi connectivity index (χ0n) is 11.3. The highest BCUT2D eigenvalue weighted by Gasteiger charge is 2.09. The molecule has 0 bridgehead atoms. The number of halogens is 1. The van der Waals surface area contributed by atoms with Gasteiger partial charge < -0.3 is 15.2 Å². The molecule has 1 aromatic carbocycles. The minimum Gasteiger partial charge on any atom is -0.478 e. The number of anilines is 2. The van der Waals surface area contributed by atoms with E-state index in [2.05, 4.69) is 15.3 Å². The van der Waals surface area contributed by atoms with Crippen LogP contribution in [0.3, 0.4) is 0 Å². The largest absolute Gasteiger partial charge is 0.478 e. The van der Waals surface area contributed by atoms with Gasteiger partial charge in [0.2, 0.25) is 11.8 Å². The van der Waals surface area contributed by atoms with Gasteiger partial charge in [0.05, 0.1) is 17.9 Å². The van der Waals surface area contributed by atoms with Crippen LogP contribution in [0.5, 0.6) is 5.88 Å². The quantitative estimate of drug-likeness (QED) is 0.851. The number of hydrogen-bond donors (Lipinski definition) is 2. The molecule has 0 saturated carbocycles. The highest BCUT2D eigenvalue weighted by Crippen LogP contribution is 2.20. The normalized spacial score (nSPS) is 10.2. The molecule has 1 heterocycles. The van der Waals surface area contributed by atoms with Gasteiger partial charge in [-0.3, -0.25) is 0 Å². The van der Waals surface area contributed by atoms with Crippen LogP contribution in [0.1, 0.15) is 23.7 Å². The molecule has 0 unspecified atom stereocenters. The molecule has 2 N–H and O–H groups in total. The molecule has 0 aliphatic heterocycles. The molecule has 2 aromatic rings. The maximum absolute atomic E-state index is 13.8. The number of carboxylic acids is 1. The third-order valence-corrected chi connectivity index (χ3v) is 2.55.